The minimum atomic E-state index is 0.747. The van der Waals surface area contributed by atoms with Crippen LogP contribution in [0.15, 0.2) is 73.2 Å². The molecule has 5 nitrogen and oxygen atoms in total. The van der Waals surface area contributed by atoms with Crippen molar-refractivity contribution in [1.29, 1.82) is 0 Å². The van der Waals surface area contributed by atoms with E-state index in [9.17, 15) is 0 Å². The highest BCUT2D eigenvalue weighted by Crippen LogP contribution is 2.25. The Morgan fingerprint density at radius 3 is 2.43 bits per heavy atom. The fraction of sp³-hybridized carbons (Fsp3) is 0. The van der Waals surface area contributed by atoms with Crippen LogP contribution in [0.4, 0.5) is 11.5 Å². The molecule has 0 fully saturated rings. The van der Waals surface area contributed by atoms with Crippen LogP contribution < -0.4 is 10.1 Å². The molecule has 0 radical (unpaired) electrons. The lowest BCUT2D eigenvalue weighted by atomic mass is 10.3. The molecule has 4 aromatic rings. The predicted octanol–water partition coefficient (Wildman–Crippen LogP) is 4.49. The van der Waals surface area contributed by atoms with Gasteiger partial charge in [0.25, 0.3) is 0 Å². The fourth-order valence-electron chi connectivity index (χ4n) is 2.33. The van der Waals surface area contributed by atoms with Gasteiger partial charge in [0.15, 0.2) is 5.82 Å². The molecule has 0 amide bonds. The van der Waals surface area contributed by atoms with Gasteiger partial charge in [-0.2, -0.15) is 0 Å². The number of fused-ring (bicyclic) bond motifs is 1. The normalized spacial score (nSPS) is 10.6. The molecule has 0 bridgehead atoms. The molecule has 0 spiro atoms. The second kappa shape index (κ2) is 5.81. The molecule has 2 aromatic carbocycles. The van der Waals surface area contributed by atoms with Gasteiger partial charge >= 0.3 is 0 Å². The van der Waals surface area contributed by atoms with E-state index in [-0.39, 0.29) is 0 Å². The topological polar surface area (TPSA) is 62.8 Å². The highest BCUT2D eigenvalue weighted by Gasteiger charge is 2.05. The lowest BCUT2D eigenvalue weighted by Crippen LogP contribution is -1.95. The summed E-state index contributed by atoms with van der Waals surface area (Å²) in [5.41, 5.74) is 2.70. The average molecular weight is 302 g/mol. The number of H-pyrrole nitrogens is 1. The van der Waals surface area contributed by atoms with Gasteiger partial charge in [-0.3, -0.25) is 0 Å². The van der Waals surface area contributed by atoms with Crippen LogP contribution in [-0.2, 0) is 0 Å². The van der Waals surface area contributed by atoms with E-state index in [2.05, 4.69) is 20.3 Å². The van der Waals surface area contributed by atoms with Gasteiger partial charge in [0, 0.05) is 11.9 Å². The molecule has 0 saturated carbocycles. The van der Waals surface area contributed by atoms with Crippen molar-refractivity contribution >= 4 is 22.5 Å². The Kier molecular flexibility index (Phi) is 3.37. The van der Waals surface area contributed by atoms with Crippen molar-refractivity contribution in [2.75, 3.05) is 5.32 Å². The Morgan fingerprint density at radius 2 is 1.61 bits per heavy atom. The number of nitrogens with one attached hydrogen (secondary N) is 2. The zero-order valence-electron chi connectivity index (χ0n) is 12.2. The maximum absolute atomic E-state index is 5.78. The number of hydrogen-bond acceptors (Lipinski definition) is 4. The summed E-state index contributed by atoms with van der Waals surface area (Å²) in [4.78, 5) is 11.6. The molecule has 5 heteroatoms. The number of benzene rings is 2. The summed E-state index contributed by atoms with van der Waals surface area (Å²) in [6, 6.07) is 19.4. The first-order valence-corrected chi connectivity index (χ1v) is 7.26. The number of hydrogen-bond donors (Lipinski definition) is 2. The largest absolute Gasteiger partial charge is 0.457 e. The van der Waals surface area contributed by atoms with Crippen LogP contribution >= 0.6 is 0 Å². The Balaban J connectivity index is 1.53. The molecule has 0 aliphatic carbocycles. The second-order valence-electron chi connectivity index (χ2n) is 5.02. The number of anilines is 2. The predicted molar refractivity (Wildman–Crippen MR) is 90.1 cm³/mol. The molecule has 2 aromatic heterocycles. The highest BCUT2D eigenvalue weighted by atomic mass is 16.5. The fourth-order valence-corrected chi connectivity index (χ4v) is 2.33. The van der Waals surface area contributed by atoms with Crippen molar-refractivity contribution in [3.8, 4) is 11.5 Å². The van der Waals surface area contributed by atoms with E-state index in [0.717, 1.165) is 34.0 Å². The minimum Gasteiger partial charge on any atom is -0.457 e. The van der Waals surface area contributed by atoms with Gasteiger partial charge in [-0.05, 0) is 42.5 Å². The van der Waals surface area contributed by atoms with E-state index in [1.165, 1.54) is 0 Å². The number of rotatable bonds is 4. The molecule has 2 N–H and O–H groups in total. The lowest BCUT2D eigenvalue weighted by molar-refractivity contribution is 0.483. The number of ether oxygens (including phenoxy) is 1. The van der Waals surface area contributed by atoms with Crippen molar-refractivity contribution in [2.24, 2.45) is 0 Å². The molecule has 0 aliphatic rings. The van der Waals surface area contributed by atoms with E-state index in [4.69, 9.17) is 4.74 Å². The minimum absolute atomic E-state index is 0.747. The Labute approximate surface area is 133 Å². The number of para-hydroxylation sites is 1. The summed E-state index contributed by atoms with van der Waals surface area (Å²) in [5, 5.41) is 3.29. The molecule has 2 heterocycles. The van der Waals surface area contributed by atoms with E-state index in [1.807, 2.05) is 66.9 Å². The molecule has 0 atom stereocenters. The summed E-state index contributed by atoms with van der Waals surface area (Å²) in [6.07, 6.45) is 3.40. The van der Waals surface area contributed by atoms with Gasteiger partial charge in [0.1, 0.15) is 23.3 Å². The number of nitrogens with zero attached hydrogens (tertiary/aromatic N) is 2. The maximum atomic E-state index is 5.78. The summed E-state index contributed by atoms with van der Waals surface area (Å²) in [7, 11) is 0. The second-order valence-corrected chi connectivity index (χ2v) is 5.02. The van der Waals surface area contributed by atoms with Gasteiger partial charge < -0.3 is 15.0 Å². The summed E-state index contributed by atoms with van der Waals surface area (Å²) in [5.74, 6) is 2.35. The van der Waals surface area contributed by atoms with Gasteiger partial charge in [0.2, 0.25) is 0 Å². The van der Waals surface area contributed by atoms with Crippen LogP contribution in [0.3, 0.4) is 0 Å². The average Bonchev–Trinajstić information content (AvgIpc) is 3.07. The third-order valence-electron chi connectivity index (χ3n) is 3.44. The van der Waals surface area contributed by atoms with Gasteiger partial charge in [-0.15, -0.1) is 0 Å². The molecule has 0 saturated heterocycles. The molecule has 112 valence electrons. The van der Waals surface area contributed by atoms with E-state index in [0.29, 0.717) is 0 Å². The zero-order chi connectivity index (χ0) is 15.5. The highest BCUT2D eigenvalue weighted by molar-refractivity contribution is 5.87. The van der Waals surface area contributed by atoms with Crippen LogP contribution in [0.2, 0.25) is 0 Å². The SMILES string of the molecule is c1ccc(Oc2ccc(Nc3ncnc4cc[nH]c34)cc2)cc1. The van der Waals surface area contributed by atoms with Crippen LogP contribution in [-0.4, -0.2) is 15.0 Å². The van der Waals surface area contributed by atoms with Crippen LogP contribution in [0.25, 0.3) is 11.0 Å². The van der Waals surface area contributed by atoms with Gasteiger partial charge in [-0.1, -0.05) is 18.2 Å². The van der Waals surface area contributed by atoms with Crippen molar-refractivity contribution < 1.29 is 4.74 Å². The molecule has 4 rings (SSSR count). The maximum Gasteiger partial charge on any atom is 0.158 e. The standard InChI is InChI=1S/C18H14N4O/c1-2-4-14(5-3-1)23-15-8-6-13(7-9-15)22-18-17-16(10-11-19-17)20-12-21-18/h1-12,19H,(H,20,21,22). The Bertz CT molecular complexity index is 917. The first-order chi connectivity index (χ1) is 11.4. The van der Waals surface area contributed by atoms with Crippen LogP contribution in [0.5, 0.6) is 11.5 Å². The summed E-state index contributed by atoms with van der Waals surface area (Å²) in [6.45, 7) is 0. The van der Waals surface area contributed by atoms with Gasteiger partial charge in [0.05, 0.1) is 5.52 Å². The molecule has 0 aliphatic heterocycles. The summed E-state index contributed by atoms with van der Waals surface area (Å²) < 4.78 is 5.78. The summed E-state index contributed by atoms with van der Waals surface area (Å²) >= 11 is 0. The number of aromatic nitrogens is 3. The van der Waals surface area contributed by atoms with E-state index >= 15 is 0 Å². The van der Waals surface area contributed by atoms with Gasteiger partial charge in [-0.25, -0.2) is 9.97 Å². The van der Waals surface area contributed by atoms with Crippen molar-refractivity contribution in [3.63, 3.8) is 0 Å². The third kappa shape index (κ3) is 2.85. The van der Waals surface area contributed by atoms with Crippen LogP contribution in [0.1, 0.15) is 0 Å². The third-order valence-corrected chi connectivity index (χ3v) is 3.44. The molecule has 0 unspecified atom stereocenters. The smallest absolute Gasteiger partial charge is 0.158 e. The molecular formula is C18H14N4O. The van der Waals surface area contributed by atoms with Crippen LogP contribution in [0, 0.1) is 0 Å². The Morgan fingerprint density at radius 1 is 0.826 bits per heavy atom. The lowest BCUT2D eigenvalue weighted by Gasteiger charge is -2.08. The Hall–Kier alpha value is -3.34. The monoisotopic (exact) mass is 302 g/mol. The molecule has 23 heavy (non-hydrogen) atoms. The van der Waals surface area contributed by atoms with Crippen molar-refractivity contribution in [3.05, 3.63) is 73.2 Å². The van der Waals surface area contributed by atoms with Crippen molar-refractivity contribution in [1.82, 2.24) is 15.0 Å². The first-order valence-electron chi connectivity index (χ1n) is 7.26. The molecular weight excluding hydrogens is 288 g/mol. The number of aromatic amines is 1. The van der Waals surface area contributed by atoms with Crippen molar-refractivity contribution in [2.45, 2.75) is 0 Å². The first kappa shape index (κ1) is 13.3. The quantitative estimate of drug-likeness (QED) is 0.583. The zero-order valence-corrected chi connectivity index (χ0v) is 12.2. The van der Waals surface area contributed by atoms with E-state index in [1.54, 1.807) is 6.33 Å². The van der Waals surface area contributed by atoms with E-state index < -0.39 is 0 Å².